The van der Waals surface area contributed by atoms with Gasteiger partial charge in [-0.25, -0.2) is 9.13 Å². The van der Waals surface area contributed by atoms with E-state index in [0.717, 1.165) is 205 Å². The van der Waals surface area contributed by atoms with Gasteiger partial charge >= 0.3 is 39.5 Å². The molecule has 0 radical (unpaired) electrons. The van der Waals surface area contributed by atoms with Gasteiger partial charge in [0.2, 0.25) is 0 Å². The number of rotatable bonds is 71. The van der Waals surface area contributed by atoms with Gasteiger partial charge in [-0.2, -0.15) is 0 Å². The van der Waals surface area contributed by atoms with Gasteiger partial charge in [0.05, 0.1) is 26.4 Å². The maximum absolute atomic E-state index is 13.1. The lowest BCUT2D eigenvalue weighted by Gasteiger charge is -2.21. The van der Waals surface area contributed by atoms with E-state index < -0.39 is 97.5 Å². The lowest BCUT2D eigenvalue weighted by atomic mass is 10.1. The lowest BCUT2D eigenvalue weighted by Crippen LogP contribution is -2.30. The van der Waals surface area contributed by atoms with Crippen LogP contribution < -0.4 is 0 Å². The minimum Gasteiger partial charge on any atom is -0.462 e. The number of ether oxygens (including phenoxy) is 4. The smallest absolute Gasteiger partial charge is 0.462 e. The summed E-state index contributed by atoms with van der Waals surface area (Å²) in [5, 5.41) is 10.6. The zero-order valence-corrected chi connectivity index (χ0v) is 64.1. The van der Waals surface area contributed by atoms with Crippen molar-refractivity contribution in [3.63, 3.8) is 0 Å². The minimum absolute atomic E-state index is 0.0722. The van der Waals surface area contributed by atoms with Crippen LogP contribution >= 0.6 is 15.6 Å². The summed E-state index contributed by atoms with van der Waals surface area (Å²) in [6, 6.07) is 0. The second kappa shape index (κ2) is 72.5. The van der Waals surface area contributed by atoms with Gasteiger partial charge < -0.3 is 33.8 Å². The second-order valence-electron chi connectivity index (χ2n) is 25.2. The number of aliphatic hydroxyl groups excluding tert-OH is 1. The van der Waals surface area contributed by atoms with E-state index in [4.69, 9.17) is 37.0 Å². The summed E-state index contributed by atoms with van der Waals surface area (Å²) in [7, 11) is -9.97. The average Bonchev–Trinajstić information content (AvgIpc) is 0.930. The van der Waals surface area contributed by atoms with E-state index in [0.29, 0.717) is 25.7 Å². The molecule has 0 aromatic rings. The zero-order chi connectivity index (χ0) is 73.2. The molecular weight excluding hydrogens is 1310 g/mol. The molecule has 0 bridgehead atoms. The van der Waals surface area contributed by atoms with Crippen molar-refractivity contribution < 1.29 is 80.2 Å². The lowest BCUT2D eigenvalue weighted by molar-refractivity contribution is -0.161. The van der Waals surface area contributed by atoms with Gasteiger partial charge in [-0.3, -0.25) is 37.3 Å². The number of unbranched alkanes of at least 4 members (excludes halogenated alkanes) is 23. The minimum atomic E-state index is -4.99. The number of phosphoric ester groups is 2. The van der Waals surface area contributed by atoms with Gasteiger partial charge in [0.15, 0.2) is 12.2 Å². The third-order valence-corrected chi connectivity index (χ3v) is 17.5. The normalized spacial score (nSPS) is 14.7. The number of phosphoric acid groups is 2. The molecule has 0 amide bonds. The molecule has 572 valence electrons. The molecule has 5 unspecified atom stereocenters. The highest BCUT2D eigenvalue weighted by Gasteiger charge is 2.30. The van der Waals surface area contributed by atoms with E-state index in [9.17, 15) is 43.2 Å². The molecule has 19 heteroatoms. The van der Waals surface area contributed by atoms with Crippen molar-refractivity contribution in [2.75, 3.05) is 39.6 Å². The van der Waals surface area contributed by atoms with Crippen molar-refractivity contribution in [1.82, 2.24) is 0 Å². The summed E-state index contributed by atoms with van der Waals surface area (Å²) in [5.41, 5.74) is 0. The highest BCUT2D eigenvalue weighted by Crippen LogP contribution is 2.45. The SMILES string of the molecule is CC/C=C\C/C=C\C/C=C\C/C=C\C/C=C\CCCCCC(=O)OCC(COP(=O)(O)OCC(O)COP(=O)(O)OCC(COC(=O)CCCCCCC/C=C\C/C=C\CCC)OC(=O)CCCCCCC/C=C\CCCC)OC(=O)CCCCCCCCC/C=C\C/C=C\C/C=C\CC. The molecule has 3 N–H and O–H groups in total. The van der Waals surface area contributed by atoms with Gasteiger partial charge in [-0.1, -0.05) is 258 Å². The van der Waals surface area contributed by atoms with Crippen molar-refractivity contribution >= 4 is 39.5 Å². The van der Waals surface area contributed by atoms with Gasteiger partial charge in [-0.05, 0) is 148 Å². The molecule has 0 heterocycles. The number of carbonyl (C=O) groups is 4. The predicted octanol–water partition coefficient (Wildman–Crippen LogP) is 22.1. The first-order chi connectivity index (χ1) is 48.7. The van der Waals surface area contributed by atoms with Crippen molar-refractivity contribution in [1.29, 1.82) is 0 Å². The molecule has 0 saturated heterocycles. The molecule has 0 aliphatic heterocycles. The standard InChI is InChI=1S/C81H136O17P2/c1-5-9-13-17-21-25-29-32-34-36-37-39-40-43-47-50-54-58-62-66-79(84)92-72-77(98-81(86)68-64-60-56-52-48-44-41-38-35-33-30-26-22-18-14-10-6-2)74-96-100(89,90)94-70-75(82)69-93-99(87,88)95-73-76(97-80(85)67-63-59-55-51-45-28-24-20-16-12-8-4)71-91-78(83)65-61-57-53-49-46-42-31-27-23-19-15-11-7-3/h9-10,13-15,19-22,24-27,31-35,37,39,43,47,75-77,82H,5-8,11-12,16-18,23,28-30,36,38,40-42,44-46,48-74H2,1-4H3,(H,87,88)(H,89,90)/b13-9-,14-10-,19-15-,24-20-,25-21-,26-22-,31-27-,34-32-,35-33-,39-37-,47-43-. The largest absolute Gasteiger partial charge is 0.472 e. The van der Waals surface area contributed by atoms with Crippen LogP contribution in [0.1, 0.15) is 297 Å². The molecule has 0 rings (SSSR count). The molecule has 0 spiro atoms. The fourth-order valence-electron chi connectivity index (χ4n) is 9.75. The molecule has 0 aliphatic rings. The molecule has 0 saturated carbocycles. The van der Waals surface area contributed by atoms with Crippen LogP contribution in [0.15, 0.2) is 134 Å². The fraction of sp³-hybridized carbons (Fsp3) is 0.679. The van der Waals surface area contributed by atoms with E-state index in [1.54, 1.807) is 0 Å². The highest BCUT2D eigenvalue weighted by atomic mass is 31.2. The van der Waals surface area contributed by atoms with Crippen LogP contribution in [0.5, 0.6) is 0 Å². The van der Waals surface area contributed by atoms with Crippen LogP contribution in [0.3, 0.4) is 0 Å². The summed E-state index contributed by atoms with van der Waals surface area (Å²) < 4.78 is 68.4. The highest BCUT2D eigenvalue weighted by molar-refractivity contribution is 7.47. The van der Waals surface area contributed by atoms with Gasteiger partial charge in [-0.15, -0.1) is 0 Å². The predicted molar refractivity (Wildman–Crippen MR) is 408 cm³/mol. The van der Waals surface area contributed by atoms with Crippen LogP contribution in [0.4, 0.5) is 0 Å². The molecule has 0 aliphatic carbocycles. The van der Waals surface area contributed by atoms with Gasteiger partial charge in [0.25, 0.3) is 0 Å². The van der Waals surface area contributed by atoms with Crippen molar-refractivity contribution in [3.05, 3.63) is 134 Å². The maximum Gasteiger partial charge on any atom is 0.472 e. The summed E-state index contributed by atoms with van der Waals surface area (Å²) >= 11 is 0. The number of aliphatic hydroxyl groups is 1. The van der Waals surface area contributed by atoms with Gasteiger partial charge in [0.1, 0.15) is 19.3 Å². The molecular formula is C81H136O17P2. The number of allylic oxidation sites excluding steroid dienone is 22. The number of hydrogen-bond acceptors (Lipinski definition) is 15. The quantitative estimate of drug-likeness (QED) is 0.0169. The summed E-state index contributed by atoms with van der Waals surface area (Å²) in [6.45, 7) is 4.47. The van der Waals surface area contributed by atoms with Crippen LogP contribution in [0, 0.1) is 0 Å². The zero-order valence-electron chi connectivity index (χ0n) is 62.3. The Hall–Kier alpha value is -4.80. The molecule has 0 aromatic carbocycles. The van der Waals surface area contributed by atoms with Crippen molar-refractivity contribution in [3.8, 4) is 0 Å². The Balaban J connectivity index is 5.39. The first-order valence-electron chi connectivity index (χ1n) is 38.4. The Kier molecular flexibility index (Phi) is 69.1. The molecule has 100 heavy (non-hydrogen) atoms. The first kappa shape index (κ1) is 95.2. The van der Waals surface area contributed by atoms with Crippen molar-refractivity contribution in [2.24, 2.45) is 0 Å². The third-order valence-electron chi connectivity index (χ3n) is 15.6. The van der Waals surface area contributed by atoms with Crippen LogP contribution in [0.2, 0.25) is 0 Å². The molecule has 5 atom stereocenters. The van der Waals surface area contributed by atoms with Crippen LogP contribution in [-0.2, 0) is 65.4 Å². The molecule has 17 nitrogen and oxygen atoms in total. The van der Waals surface area contributed by atoms with E-state index >= 15 is 0 Å². The first-order valence-corrected chi connectivity index (χ1v) is 41.4. The molecule has 0 aromatic heterocycles. The van der Waals surface area contributed by atoms with E-state index in [1.165, 1.54) is 12.8 Å². The summed E-state index contributed by atoms with van der Waals surface area (Å²) in [4.78, 5) is 72.8. The Bertz CT molecular complexity index is 2420. The third kappa shape index (κ3) is 71.6. The number of hydrogen-bond donors (Lipinski definition) is 3. The maximum atomic E-state index is 13.1. The fourth-order valence-corrected chi connectivity index (χ4v) is 11.3. The Morgan fingerprint density at radius 3 is 0.860 bits per heavy atom. The van der Waals surface area contributed by atoms with E-state index in [2.05, 4.69) is 161 Å². The van der Waals surface area contributed by atoms with Crippen molar-refractivity contribution in [2.45, 2.75) is 316 Å². The topological polar surface area (TPSA) is 237 Å². The Morgan fingerprint density at radius 2 is 0.540 bits per heavy atom. The Labute approximate surface area is 605 Å². The number of esters is 4. The molecule has 0 fully saturated rings. The van der Waals surface area contributed by atoms with E-state index in [-0.39, 0.29) is 25.7 Å². The monoisotopic (exact) mass is 1440 g/mol. The van der Waals surface area contributed by atoms with Crippen LogP contribution in [-0.4, -0.2) is 96.7 Å². The summed E-state index contributed by atoms with van der Waals surface area (Å²) in [5.74, 6) is -2.25. The average molecular weight is 1440 g/mol. The summed E-state index contributed by atoms with van der Waals surface area (Å²) in [6.07, 6.45) is 80.2. The van der Waals surface area contributed by atoms with Crippen LogP contribution in [0.25, 0.3) is 0 Å². The second-order valence-corrected chi connectivity index (χ2v) is 28.1. The Morgan fingerprint density at radius 1 is 0.290 bits per heavy atom. The van der Waals surface area contributed by atoms with E-state index in [1.807, 2.05) is 0 Å². The van der Waals surface area contributed by atoms with Gasteiger partial charge in [0, 0.05) is 25.7 Å². The number of carbonyl (C=O) groups excluding carboxylic acids is 4.